The van der Waals surface area contributed by atoms with Gasteiger partial charge in [-0.2, -0.15) is 0 Å². The van der Waals surface area contributed by atoms with Crippen LogP contribution >= 0.6 is 0 Å². The van der Waals surface area contributed by atoms with Crippen molar-refractivity contribution in [1.82, 2.24) is 0 Å². The van der Waals surface area contributed by atoms with Gasteiger partial charge < -0.3 is 15.0 Å². The average Bonchev–Trinajstić information content (AvgIpc) is 2.98. The molecule has 2 aromatic carbocycles. The Kier molecular flexibility index (Phi) is 4.46. The van der Waals surface area contributed by atoms with Crippen molar-refractivity contribution in [3.05, 3.63) is 54.3 Å². The maximum atomic E-state index is 13.9. The van der Waals surface area contributed by atoms with Crippen molar-refractivity contribution in [1.29, 1.82) is 0 Å². The Morgan fingerprint density at radius 3 is 2.58 bits per heavy atom. The molecule has 1 saturated heterocycles. The van der Waals surface area contributed by atoms with Gasteiger partial charge in [-0.15, -0.1) is 0 Å². The van der Waals surface area contributed by atoms with Gasteiger partial charge in [0.25, 0.3) is 0 Å². The number of anilines is 2. The van der Waals surface area contributed by atoms with E-state index in [9.17, 15) is 14.0 Å². The zero-order chi connectivity index (χ0) is 17.1. The molecule has 0 aromatic heterocycles. The zero-order valence-corrected chi connectivity index (χ0v) is 13.2. The maximum absolute atomic E-state index is 13.9. The van der Waals surface area contributed by atoms with Gasteiger partial charge in [0.05, 0.1) is 18.7 Å². The van der Waals surface area contributed by atoms with E-state index < -0.39 is 11.7 Å². The van der Waals surface area contributed by atoms with Crippen molar-refractivity contribution in [2.75, 3.05) is 23.9 Å². The SMILES string of the molecule is COc1ccc(NC(=O)C2CC(=O)N(c3ccccc3F)C2)cc1. The summed E-state index contributed by atoms with van der Waals surface area (Å²) in [6, 6.07) is 13.0. The third-order valence-electron chi connectivity index (χ3n) is 4.00. The van der Waals surface area contributed by atoms with E-state index in [0.717, 1.165) is 0 Å². The second-order valence-electron chi connectivity index (χ2n) is 5.57. The highest BCUT2D eigenvalue weighted by Crippen LogP contribution is 2.28. The Morgan fingerprint density at radius 2 is 1.92 bits per heavy atom. The maximum Gasteiger partial charge on any atom is 0.229 e. The Hall–Kier alpha value is -2.89. The molecule has 1 unspecified atom stereocenters. The lowest BCUT2D eigenvalue weighted by atomic mass is 10.1. The Morgan fingerprint density at radius 1 is 1.21 bits per heavy atom. The van der Waals surface area contributed by atoms with Crippen molar-refractivity contribution in [3.8, 4) is 5.75 Å². The normalized spacial score (nSPS) is 17.0. The van der Waals surface area contributed by atoms with Gasteiger partial charge in [0, 0.05) is 18.7 Å². The number of para-hydroxylation sites is 1. The van der Waals surface area contributed by atoms with E-state index in [-0.39, 0.29) is 30.5 Å². The van der Waals surface area contributed by atoms with Gasteiger partial charge in [-0.05, 0) is 36.4 Å². The molecule has 2 aromatic rings. The summed E-state index contributed by atoms with van der Waals surface area (Å²) in [6.45, 7) is 0.168. The molecule has 3 rings (SSSR count). The third kappa shape index (κ3) is 3.22. The number of carbonyl (C=O) groups excluding carboxylic acids is 2. The van der Waals surface area contributed by atoms with Crippen LogP contribution in [0.5, 0.6) is 5.75 Å². The molecule has 5 nitrogen and oxygen atoms in total. The molecule has 124 valence electrons. The fourth-order valence-electron chi connectivity index (χ4n) is 2.71. The molecule has 1 aliphatic heterocycles. The number of ether oxygens (including phenoxy) is 1. The molecule has 1 aliphatic rings. The number of benzene rings is 2. The standard InChI is InChI=1S/C18H17FN2O3/c1-24-14-8-6-13(7-9-14)20-18(23)12-10-17(22)21(11-12)16-5-3-2-4-15(16)19/h2-9,12H,10-11H2,1H3,(H,20,23). The van der Waals surface area contributed by atoms with Crippen LogP contribution in [0.25, 0.3) is 0 Å². The van der Waals surface area contributed by atoms with Crippen LogP contribution in [0.4, 0.5) is 15.8 Å². The number of amides is 2. The minimum atomic E-state index is -0.515. The number of hydrogen-bond acceptors (Lipinski definition) is 3. The summed E-state index contributed by atoms with van der Waals surface area (Å²) in [6.07, 6.45) is 0.0658. The first-order chi connectivity index (χ1) is 11.6. The largest absolute Gasteiger partial charge is 0.497 e. The molecule has 24 heavy (non-hydrogen) atoms. The van der Waals surface area contributed by atoms with Gasteiger partial charge in [-0.25, -0.2) is 4.39 Å². The number of carbonyl (C=O) groups is 2. The lowest BCUT2D eigenvalue weighted by Gasteiger charge is -2.17. The van der Waals surface area contributed by atoms with Gasteiger partial charge in [-0.3, -0.25) is 9.59 Å². The Bertz CT molecular complexity index is 761. The monoisotopic (exact) mass is 328 g/mol. The topological polar surface area (TPSA) is 58.6 Å². The highest BCUT2D eigenvalue weighted by molar-refractivity contribution is 6.03. The molecule has 1 atom stereocenters. The molecule has 1 fully saturated rings. The van der Waals surface area contributed by atoms with Crippen molar-refractivity contribution in [3.63, 3.8) is 0 Å². The summed E-state index contributed by atoms with van der Waals surface area (Å²) in [5.74, 6) is -0.807. The van der Waals surface area contributed by atoms with Gasteiger partial charge in [0.1, 0.15) is 11.6 Å². The van der Waals surface area contributed by atoms with Crippen molar-refractivity contribution in [2.45, 2.75) is 6.42 Å². The van der Waals surface area contributed by atoms with Crippen molar-refractivity contribution in [2.24, 2.45) is 5.92 Å². The van der Waals surface area contributed by atoms with E-state index >= 15 is 0 Å². The molecule has 6 heteroatoms. The summed E-state index contributed by atoms with van der Waals surface area (Å²) in [7, 11) is 1.56. The summed E-state index contributed by atoms with van der Waals surface area (Å²) in [4.78, 5) is 25.8. The summed E-state index contributed by atoms with van der Waals surface area (Å²) in [5.41, 5.74) is 0.833. The van der Waals surface area contributed by atoms with Crippen LogP contribution in [0.1, 0.15) is 6.42 Å². The van der Waals surface area contributed by atoms with E-state index in [1.54, 1.807) is 43.5 Å². The van der Waals surface area contributed by atoms with Crippen LogP contribution in [0.15, 0.2) is 48.5 Å². The summed E-state index contributed by atoms with van der Waals surface area (Å²) < 4.78 is 18.9. The minimum absolute atomic E-state index is 0.0658. The van der Waals surface area contributed by atoms with Gasteiger partial charge in [0.15, 0.2) is 0 Å². The highest BCUT2D eigenvalue weighted by atomic mass is 19.1. The number of nitrogens with one attached hydrogen (secondary N) is 1. The number of halogens is 1. The molecule has 0 radical (unpaired) electrons. The smallest absolute Gasteiger partial charge is 0.229 e. The number of rotatable bonds is 4. The second-order valence-corrected chi connectivity index (χ2v) is 5.57. The van der Waals surface area contributed by atoms with Crippen LogP contribution in [0.2, 0.25) is 0 Å². The van der Waals surface area contributed by atoms with Crippen LogP contribution in [0, 0.1) is 11.7 Å². The number of nitrogens with zero attached hydrogens (tertiary/aromatic N) is 1. The highest BCUT2D eigenvalue weighted by Gasteiger charge is 2.36. The minimum Gasteiger partial charge on any atom is -0.497 e. The first-order valence-electron chi connectivity index (χ1n) is 7.58. The Labute approximate surface area is 139 Å². The fraction of sp³-hybridized carbons (Fsp3) is 0.222. The van der Waals surface area contributed by atoms with Gasteiger partial charge in [-0.1, -0.05) is 12.1 Å². The van der Waals surface area contributed by atoms with E-state index in [1.165, 1.54) is 17.0 Å². The molecule has 0 bridgehead atoms. The van der Waals surface area contributed by atoms with Crippen molar-refractivity contribution < 1.29 is 18.7 Å². The number of hydrogen-bond donors (Lipinski definition) is 1. The van der Waals surface area contributed by atoms with Gasteiger partial charge >= 0.3 is 0 Å². The number of methoxy groups -OCH3 is 1. The molecular formula is C18H17FN2O3. The first-order valence-corrected chi connectivity index (χ1v) is 7.58. The lowest BCUT2D eigenvalue weighted by molar-refractivity contribution is -0.122. The summed E-state index contributed by atoms with van der Waals surface area (Å²) in [5, 5.41) is 2.78. The van der Waals surface area contributed by atoms with Crippen LogP contribution in [-0.2, 0) is 9.59 Å². The predicted molar refractivity (Wildman–Crippen MR) is 88.5 cm³/mol. The van der Waals surface area contributed by atoms with Gasteiger partial charge in [0.2, 0.25) is 11.8 Å². The molecular weight excluding hydrogens is 311 g/mol. The van der Waals surface area contributed by atoms with Crippen LogP contribution in [-0.4, -0.2) is 25.5 Å². The predicted octanol–water partition coefficient (Wildman–Crippen LogP) is 2.83. The van der Waals surface area contributed by atoms with Crippen LogP contribution < -0.4 is 15.0 Å². The van der Waals surface area contributed by atoms with Crippen molar-refractivity contribution >= 4 is 23.2 Å². The summed E-state index contributed by atoms with van der Waals surface area (Å²) >= 11 is 0. The van der Waals surface area contributed by atoms with E-state index in [0.29, 0.717) is 11.4 Å². The molecule has 0 spiro atoms. The molecule has 0 saturated carbocycles. The van der Waals surface area contributed by atoms with E-state index in [2.05, 4.69) is 5.32 Å². The molecule has 1 heterocycles. The van der Waals surface area contributed by atoms with E-state index in [1.807, 2.05) is 0 Å². The van der Waals surface area contributed by atoms with Crippen LogP contribution in [0.3, 0.4) is 0 Å². The molecule has 2 amide bonds. The molecule has 0 aliphatic carbocycles. The molecule has 1 N–H and O–H groups in total. The fourth-order valence-corrected chi connectivity index (χ4v) is 2.71. The quantitative estimate of drug-likeness (QED) is 0.939. The average molecular weight is 328 g/mol. The Balaban J connectivity index is 1.68. The lowest BCUT2D eigenvalue weighted by Crippen LogP contribution is -2.28. The zero-order valence-electron chi connectivity index (χ0n) is 13.2. The van der Waals surface area contributed by atoms with E-state index in [4.69, 9.17) is 4.74 Å². The third-order valence-corrected chi connectivity index (χ3v) is 4.00. The first kappa shape index (κ1) is 16.0. The second kappa shape index (κ2) is 6.70.